The number of amides is 3. The highest BCUT2D eigenvalue weighted by molar-refractivity contribution is 8.00. The normalized spacial score (nSPS) is 17.7. The molecule has 0 aromatic heterocycles. The lowest BCUT2D eigenvalue weighted by Crippen LogP contribution is -2.71. The first-order valence-corrected chi connectivity index (χ1v) is 15.4. The number of carbonyl (C=O) groups is 6. The average molecular weight is 656 g/mol. The van der Waals surface area contributed by atoms with Gasteiger partial charge in [-0.1, -0.05) is 60.7 Å². The lowest BCUT2D eigenvalue weighted by atomic mass is 10.0. The fraction of sp³-hybridized carbons (Fsp3) is 0.176. The van der Waals surface area contributed by atoms with Crippen LogP contribution in [0.1, 0.15) is 44.8 Å². The summed E-state index contributed by atoms with van der Waals surface area (Å²) in [6.45, 7) is 0.923. The van der Waals surface area contributed by atoms with Crippen molar-refractivity contribution in [2.45, 2.75) is 24.4 Å². The molecule has 2 heterocycles. The number of fused-ring (bicyclic) bond motifs is 1. The third kappa shape index (κ3) is 7.25. The Morgan fingerprint density at radius 1 is 1.00 bits per heavy atom. The van der Waals surface area contributed by atoms with Gasteiger partial charge in [-0.15, -0.1) is 11.8 Å². The molecule has 0 radical (unpaired) electrons. The first kappa shape index (κ1) is 32.7. The van der Waals surface area contributed by atoms with Crippen molar-refractivity contribution in [3.8, 4) is 5.75 Å². The summed E-state index contributed by atoms with van der Waals surface area (Å²) in [7, 11) is 0. The molecule has 1 saturated heterocycles. The molecule has 240 valence electrons. The van der Waals surface area contributed by atoms with Crippen molar-refractivity contribution >= 4 is 53.3 Å². The fourth-order valence-corrected chi connectivity index (χ4v) is 6.40. The quantitative estimate of drug-likeness (QED) is 0.104. The van der Waals surface area contributed by atoms with Crippen molar-refractivity contribution in [2.75, 3.05) is 12.4 Å². The second-order valence-corrected chi connectivity index (χ2v) is 11.7. The zero-order valence-corrected chi connectivity index (χ0v) is 25.7. The number of β-lactam (4-membered cyclic amide) rings is 1. The van der Waals surface area contributed by atoms with Crippen LogP contribution in [-0.4, -0.2) is 74.3 Å². The monoisotopic (exact) mass is 655 g/mol. The molecule has 4 N–H and O–H groups in total. The molecule has 47 heavy (non-hydrogen) atoms. The van der Waals surface area contributed by atoms with Gasteiger partial charge in [0.1, 0.15) is 35.5 Å². The predicted molar refractivity (Wildman–Crippen MR) is 171 cm³/mol. The van der Waals surface area contributed by atoms with Crippen LogP contribution >= 0.6 is 11.8 Å². The molecule has 2 aliphatic heterocycles. The van der Waals surface area contributed by atoms with Crippen LogP contribution < -0.4 is 10.6 Å². The van der Waals surface area contributed by atoms with Crippen molar-refractivity contribution in [1.29, 1.82) is 0 Å². The summed E-state index contributed by atoms with van der Waals surface area (Å²) in [5.74, 6) is -4.18. The van der Waals surface area contributed by atoms with Gasteiger partial charge in [0.25, 0.3) is 11.8 Å². The highest BCUT2D eigenvalue weighted by Crippen LogP contribution is 2.40. The largest absolute Gasteiger partial charge is 0.507 e. The number of hydrogen-bond acceptors (Lipinski definition) is 9. The Bertz CT molecular complexity index is 1800. The van der Waals surface area contributed by atoms with E-state index < -0.39 is 47.1 Å². The fourth-order valence-electron chi connectivity index (χ4n) is 5.07. The number of carboxylic acid groups (broad SMARTS) is 1. The molecule has 5 rings (SSSR count). The van der Waals surface area contributed by atoms with Crippen molar-refractivity contribution in [3.05, 3.63) is 118 Å². The minimum atomic E-state index is -1.35. The summed E-state index contributed by atoms with van der Waals surface area (Å²) in [6, 6.07) is 18.7. The van der Waals surface area contributed by atoms with E-state index in [9.17, 15) is 39.0 Å². The molecule has 3 amide bonds. The van der Waals surface area contributed by atoms with Gasteiger partial charge < -0.3 is 25.6 Å². The van der Waals surface area contributed by atoms with E-state index in [2.05, 4.69) is 10.6 Å². The molecule has 3 aromatic rings. The number of nitrogens with one attached hydrogen (secondary N) is 2. The number of ether oxygens (including phenoxy) is 1. The number of phenols is 1. The average Bonchev–Trinajstić information content (AvgIpc) is 3.07. The molecule has 0 spiro atoms. The number of ketones is 1. The van der Waals surface area contributed by atoms with Gasteiger partial charge in [0.15, 0.2) is 5.78 Å². The van der Waals surface area contributed by atoms with Crippen LogP contribution in [0.4, 0.5) is 0 Å². The SMILES string of the molecule is CC(=O)OCC1=C(C(=O)O)N2C(=O)[C@@H](NC(=O)C(NC(=O)c3ccc(C=CC(=O)c4ccccc4O)cc3)c3ccccc3)[C@H]2SC1. The number of thioether (sulfide) groups is 1. The number of nitrogens with zero attached hydrogens (tertiary/aromatic N) is 1. The zero-order valence-electron chi connectivity index (χ0n) is 24.9. The minimum Gasteiger partial charge on any atom is -0.507 e. The van der Waals surface area contributed by atoms with Gasteiger partial charge in [-0.25, -0.2) is 4.79 Å². The highest BCUT2D eigenvalue weighted by atomic mass is 32.2. The minimum absolute atomic E-state index is 0.130. The molecular weight excluding hydrogens is 626 g/mol. The molecule has 0 bridgehead atoms. The number of benzene rings is 3. The number of carbonyl (C=O) groups excluding carboxylic acids is 5. The Hall–Kier alpha value is -5.69. The maximum Gasteiger partial charge on any atom is 0.352 e. The first-order chi connectivity index (χ1) is 22.5. The molecule has 3 atom stereocenters. The second-order valence-electron chi connectivity index (χ2n) is 10.6. The van der Waals surface area contributed by atoms with Crippen LogP contribution in [0, 0.1) is 0 Å². The number of carboxylic acids is 1. The first-order valence-electron chi connectivity index (χ1n) is 14.3. The van der Waals surface area contributed by atoms with E-state index in [0.717, 1.165) is 4.90 Å². The number of aromatic hydroxyl groups is 1. The van der Waals surface area contributed by atoms with Crippen LogP contribution in [0.25, 0.3) is 6.08 Å². The zero-order chi connectivity index (χ0) is 33.7. The molecule has 1 unspecified atom stereocenters. The maximum atomic E-state index is 13.6. The van der Waals surface area contributed by atoms with Crippen molar-refractivity contribution in [1.82, 2.24) is 15.5 Å². The summed E-state index contributed by atoms with van der Waals surface area (Å²) >= 11 is 1.22. The molecule has 2 aliphatic rings. The van der Waals surface area contributed by atoms with Gasteiger partial charge in [0.05, 0.1) is 5.56 Å². The molecule has 3 aromatic carbocycles. The predicted octanol–water partition coefficient (Wildman–Crippen LogP) is 3.06. The third-order valence-electron chi connectivity index (χ3n) is 7.44. The Morgan fingerprint density at radius 3 is 2.34 bits per heavy atom. The number of para-hydroxylation sites is 1. The number of aliphatic carboxylic acids is 1. The van der Waals surface area contributed by atoms with E-state index in [0.29, 0.717) is 11.1 Å². The van der Waals surface area contributed by atoms with Crippen LogP contribution in [0.5, 0.6) is 5.75 Å². The van der Waals surface area contributed by atoms with Gasteiger partial charge in [0.2, 0.25) is 5.91 Å². The summed E-state index contributed by atoms with van der Waals surface area (Å²) < 4.78 is 4.95. The van der Waals surface area contributed by atoms with Crippen LogP contribution in [0.2, 0.25) is 0 Å². The molecule has 0 aliphatic carbocycles. The van der Waals surface area contributed by atoms with Gasteiger partial charge in [-0.2, -0.15) is 0 Å². The van der Waals surface area contributed by atoms with Crippen LogP contribution in [0.3, 0.4) is 0 Å². The van der Waals surface area contributed by atoms with E-state index in [-0.39, 0.29) is 46.3 Å². The van der Waals surface area contributed by atoms with E-state index in [1.807, 2.05) is 0 Å². The summed E-state index contributed by atoms with van der Waals surface area (Å²) in [4.78, 5) is 76.8. The highest BCUT2D eigenvalue weighted by Gasteiger charge is 2.54. The maximum absolute atomic E-state index is 13.6. The van der Waals surface area contributed by atoms with E-state index in [1.165, 1.54) is 49.0 Å². The van der Waals surface area contributed by atoms with Crippen molar-refractivity contribution in [3.63, 3.8) is 0 Å². The van der Waals surface area contributed by atoms with E-state index in [1.54, 1.807) is 60.7 Å². The third-order valence-corrected chi connectivity index (χ3v) is 8.78. The number of rotatable bonds is 11. The molecule has 12 nitrogen and oxygen atoms in total. The smallest absolute Gasteiger partial charge is 0.352 e. The summed E-state index contributed by atoms with van der Waals surface area (Å²) in [5, 5.41) is 24.4. The number of allylic oxidation sites excluding steroid dienone is 1. The topological polar surface area (TPSA) is 179 Å². The van der Waals surface area contributed by atoms with E-state index >= 15 is 0 Å². The standard InChI is InChI=1S/C34H29N3O9S/c1-19(38)46-17-23-18-47-33-28(32(43)37(33)29(23)34(44)45)36-31(42)27(21-7-3-2-4-8-21)35-30(41)22-14-11-20(12-15-22)13-16-26(40)24-9-5-6-10-25(24)39/h2-16,27-28,33,39H,17-18H2,1H3,(H,35,41)(H,36,42)(H,44,45)/t27?,28-,33-/m1/s1. The summed E-state index contributed by atoms with van der Waals surface area (Å²) in [6.07, 6.45) is 2.85. The Balaban J connectivity index is 1.28. The Kier molecular flexibility index (Phi) is 9.85. The number of phenolic OH excluding ortho intramolecular Hbond substituents is 1. The van der Waals surface area contributed by atoms with Gasteiger partial charge in [0, 0.05) is 23.8 Å². The molecule has 0 saturated carbocycles. The lowest BCUT2D eigenvalue weighted by Gasteiger charge is -2.49. The van der Waals surface area contributed by atoms with Crippen LogP contribution in [0.15, 0.2) is 96.2 Å². The van der Waals surface area contributed by atoms with Crippen molar-refractivity contribution < 1.29 is 43.7 Å². The van der Waals surface area contributed by atoms with Crippen LogP contribution in [-0.2, 0) is 23.9 Å². The van der Waals surface area contributed by atoms with Gasteiger partial charge in [-0.3, -0.25) is 28.9 Å². The van der Waals surface area contributed by atoms with Gasteiger partial charge in [-0.05, 0) is 41.5 Å². The molecular formula is C34H29N3O9S. The Morgan fingerprint density at radius 2 is 1.68 bits per heavy atom. The Labute approximate surface area is 273 Å². The van der Waals surface area contributed by atoms with Crippen molar-refractivity contribution in [2.24, 2.45) is 0 Å². The van der Waals surface area contributed by atoms with E-state index in [4.69, 9.17) is 4.74 Å². The summed E-state index contributed by atoms with van der Waals surface area (Å²) in [5.41, 5.74) is 1.45. The molecule has 1 fully saturated rings. The molecule has 13 heteroatoms. The second kappa shape index (κ2) is 14.2. The number of esters is 1. The number of hydrogen-bond donors (Lipinski definition) is 4. The lowest BCUT2D eigenvalue weighted by molar-refractivity contribution is -0.151. The van der Waals surface area contributed by atoms with Gasteiger partial charge >= 0.3 is 11.9 Å².